The molecule has 135 heavy (non-hydrogen) atoms. The Labute approximate surface area is 805 Å². The van der Waals surface area contributed by atoms with Crippen LogP contribution in [-0.4, -0.2) is 74.7 Å². The molecular weight excluding hydrogens is 1660 g/mol. The van der Waals surface area contributed by atoms with E-state index in [0.29, 0.717) is 97.1 Å². The summed E-state index contributed by atoms with van der Waals surface area (Å²) in [6.07, 6.45) is 44.1. The monoisotopic (exact) mass is 1810 g/mol. The highest BCUT2D eigenvalue weighted by molar-refractivity contribution is 6.26. The zero-order chi connectivity index (χ0) is 93.8. The van der Waals surface area contributed by atoms with Gasteiger partial charge in [0, 0.05) is 77.8 Å². The highest BCUT2D eigenvalue weighted by Gasteiger charge is 2.33. The fourth-order valence-corrected chi connectivity index (χ4v) is 20.3. The average Bonchev–Trinajstić information content (AvgIpc) is 0.762. The number of carbonyl (C=O) groups excluding carboxylic acids is 6. The predicted molar refractivity (Wildman–Crippen MR) is 569 cm³/mol. The van der Waals surface area contributed by atoms with Crippen LogP contribution in [0.4, 0.5) is 0 Å². The molecule has 708 valence electrons. The molecule has 0 aliphatic carbocycles. The number of nitrogens with one attached hydrogen (secondary N) is 6. The van der Waals surface area contributed by atoms with Crippen molar-refractivity contribution in [1.82, 2.24) is 31.9 Å². The quantitative estimate of drug-likeness (QED) is 0.0126. The maximum Gasteiger partial charge on any atom is 0.253 e. The van der Waals surface area contributed by atoms with Crippen LogP contribution >= 0.6 is 0 Å². The van der Waals surface area contributed by atoms with Gasteiger partial charge in [0.1, 0.15) is 0 Å². The molecule has 12 heteroatoms. The molecule has 12 nitrogen and oxygen atoms in total. The first-order valence-electron chi connectivity index (χ1n) is 52.8. The van der Waals surface area contributed by atoms with Gasteiger partial charge in [-0.15, -0.1) is 0 Å². The van der Waals surface area contributed by atoms with E-state index in [9.17, 15) is 14.4 Å². The Kier molecular flexibility index (Phi) is 41.5. The van der Waals surface area contributed by atoms with E-state index in [0.717, 1.165) is 154 Å². The number of benzene rings is 13. The third-order valence-electron chi connectivity index (χ3n) is 27.8. The standard InChI is InChI=1S/C123H150N6O6/c1-4-7-10-13-16-19-22-25-28-37-61-106-118(121(133)127-88-43-34-31-40-85-124-109(130)64-49-52-91-67-70-100-76-73-94-55-46-58-97-79-82-103(91)115(100)112(94)97)107(62-38-29-26-23-20-17-14-11-8-5-2)120(123(135)129-90-45-36-33-42-87-126-111(132)66-51-54-93-69-72-102-78-75-96-57-48-60-99-81-84-105(93)117(102)114(96)99)108(63-39-30-27-24-21-18-15-12-9-6-3)119(106)122(134)128-89-44-35-32-41-86-125-110(131)65-50-53-92-68-71-101-77-74-95-56-47-59-98-80-83-104(92)116(101)113(95)98/h46-48,55-60,67-84H,4-36,40-45,49-54,64-66,85-90H2,1-3H3,(H,124,130)(H,125,131)(H,126,132)(H,127,133)(H,128,134)(H,129,135). The molecule has 13 aromatic rings. The van der Waals surface area contributed by atoms with Crippen LogP contribution in [0.1, 0.15) is 374 Å². The van der Waals surface area contributed by atoms with Crippen molar-refractivity contribution in [2.24, 2.45) is 0 Å². The smallest absolute Gasteiger partial charge is 0.253 e. The lowest BCUT2D eigenvalue weighted by Crippen LogP contribution is -2.34. The summed E-state index contributed by atoms with van der Waals surface area (Å²) in [6.45, 7) is 9.41. The molecule has 13 aromatic carbocycles. The third kappa shape index (κ3) is 29.3. The molecule has 0 atom stereocenters. The fourth-order valence-electron chi connectivity index (χ4n) is 20.3. The molecule has 0 aliphatic heterocycles. The lowest BCUT2D eigenvalue weighted by molar-refractivity contribution is -0.122. The van der Waals surface area contributed by atoms with Gasteiger partial charge in [-0.2, -0.15) is 0 Å². The van der Waals surface area contributed by atoms with Gasteiger partial charge in [0.05, 0.1) is 33.4 Å². The Morgan fingerprint density at radius 3 is 0.674 bits per heavy atom. The van der Waals surface area contributed by atoms with Crippen molar-refractivity contribution in [1.29, 1.82) is 0 Å². The topological polar surface area (TPSA) is 175 Å². The molecule has 0 saturated carbocycles. The largest absolute Gasteiger partial charge is 0.356 e. The molecule has 0 saturated heterocycles. The summed E-state index contributed by atoms with van der Waals surface area (Å²) >= 11 is 0. The normalized spacial score (nSPS) is 11.5. The summed E-state index contributed by atoms with van der Waals surface area (Å²) in [4.78, 5) is 87.9. The van der Waals surface area contributed by atoms with Gasteiger partial charge in [0.2, 0.25) is 17.7 Å². The van der Waals surface area contributed by atoms with Crippen molar-refractivity contribution in [3.05, 3.63) is 214 Å². The highest BCUT2D eigenvalue weighted by Crippen LogP contribution is 2.41. The van der Waals surface area contributed by atoms with E-state index in [2.05, 4.69) is 252 Å². The fraction of sp³-hybridized carbons (Fsp3) is 0.463. The number of amides is 6. The van der Waals surface area contributed by atoms with Crippen LogP contribution in [0.2, 0.25) is 0 Å². The average molecular weight is 1810 g/mol. The van der Waals surface area contributed by atoms with Gasteiger partial charge in [0.15, 0.2) is 0 Å². The van der Waals surface area contributed by atoms with Crippen LogP contribution < -0.4 is 31.9 Å². The summed E-state index contributed by atoms with van der Waals surface area (Å²) < 4.78 is 0. The van der Waals surface area contributed by atoms with Crippen LogP contribution in [0, 0.1) is 35.5 Å². The van der Waals surface area contributed by atoms with E-state index in [1.807, 2.05) is 0 Å². The summed E-state index contributed by atoms with van der Waals surface area (Å²) in [6, 6.07) is 59.4. The van der Waals surface area contributed by atoms with Crippen molar-refractivity contribution >= 4 is 132 Å². The molecule has 6 amide bonds. The number of unbranched alkanes of at least 4 members (excludes halogenated alkanes) is 33. The molecule has 6 N–H and O–H groups in total. The second-order valence-electron chi connectivity index (χ2n) is 38.2. The van der Waals surface area contributed by atoms with Crippen molar-refractivity contribution in [2.45, 2.75) is 329 Å². The summed E-state index contributed by atoms with van der Waals surface area (Å²) in [7, 11) is 0. The Balaban J connectivity index is 0.702. The van der Waals surface area contributed by atoms with Gasteiger partial charge in [-0.3, -0.25) is 28.8 Å². The Morgan fingerprint density at radius 1 is 0.215 bits per heavy atom. The van der Waals surface area contributed by atoms with Crippen molar-refractivity contribution in [2.75, 3.05) is 39.3 Å². The predicted octanol–water partition coefficient (Wildman–Crippen LogP) is 29.3. The highest BCUT2D eigenvalue weighted by atomic mass is 16.2. The van der Waals surface area contributed by atoms with Crippen LogP contribution in [0.25, 0.3) is 97.0 Å². The first kappa shape index (κ1) is 101. The number of carbonyl (C=O) groups is 6. The lowest BCUT2D eigenvalue weighted by atomic mass is 9.84. The zero-order valence-corrected chi connectivity index (χ0v) is 81.7. The van der Waals surface area contributed by atoms with Crippen LogP contribution in [-0.2, 0) is 33.6 Å². The van der Waals surface area contributed by atoms with Gasteiger partial charge in [0.25, 0.3) is 17.7 Å². The van der Waals surface area contributed by atoms with Gasteiger partial charge >= 0.3 is 0 Å². The first-order chi connectivity index (χ1) is 66.5. The number of hydrogen-bond donors (Lipinski definition) is 6. The van der Waals surface area contributed by atoms with E-state index < -0.39 is 17.7 Å². The minimum absolute atomic E-state index is 0.0523. The molecule has 0 unspecified atom stereocenters. The molecule has 0 bridgehead atoms. The lowest BCUT2D eigenvalue weighted by Gasteiger charge is -2.20. The SMILES string of the molecule is CCCCCCCCCCC#Cc1c(C(=O)NCCCCCCNC(=O)CCCc2ccc3ccc4cccc5ccc2c3c45)c(C#CCCCCCCCCCC)c(C(=O)NCCCCCCNC(=O)CCCc2ccc3ccc4cccc5ccc2c3c45)c(C#CCCCCCCCCCC)c1C(=O)NCCCCCCNC(=O)CCCc1ccc2ccc3cccc4ccc1c2c34. The Morgan fingerprint density at radius 2 is 0.422 bits per heavy atom. The van der Waals surface area contributed by atoms with Gasteiger partial charge in [-0.1, -0.05) is 393 Å². The molecular formula is C123H150N6O6. The van der Waals surface area contributed by atoms with E-state index >= 15 is 14.4 Å². The second-order valence-corrected chi connectivity index (χ2v) is 38.2. The number of aryl methyl sites for hydroxylation is 3. The number of rotatable bonds is 60. The molecule has 0 heterocycles. The molecule has 0 fully saturated rings. The Hall–Kier alpha value is -11.5. The van der Waals surface area contributed by atoms with Gasteiger partial charge < -0.3 is 31.9 Å². The van der Waals surface area contributed by atoms with Crippen molar-refractivity contribution in [3.8, 4) is 35.5 Å². The van der Waals surface area contributed by atoms with Crippen LogP contribution in [0.5, 0.6) is 0 Å². The van der Waals surface area contributed by atoms with Gasteiger partial charge in [-0.05, 0) is 210 Å². The van der Waals surface area contributed by atoms with E-state index in [-0.39, 0.29) is 51.1 Å². The zero-order valence-electron chi connectivity index (χ0n) is 81.7. The van der Waals surface area contributed by atoms with Gasteiger partial charge in [-0.25, -0.2) is 0 Å². The van der Waals surface area contributed by atoms with Crippen molar-refractivity contribution in [3.63, 3.8) is 0 Å². The third-order valence-corrected chi connectivity index (χ3v) is 27.8. The van der Waals surface area contributed by atoms with E-state index in [4.69, 9.17) is 0 Å². The van der Waals surface area contributed by atoms with E-state index in [1.165, 1.54) is 210 Å². The second kappa shape index (κ2) is 55.5. The number of hydrogen-bond acceptors (Lipinski definition) is 6. The maximum absolute atomic E-state index is 15.9. The summed E-state index contributed by atoms with van der Waals surface area (Å²) in [5.41, 5.74) is 4.96. The minimum atomic E-state index is -0.439. The molecule has 0 spiro atoms. The molecule has 0 aliphatic rings. The maximum atomic E-state index is 15.9. The van der Waals surface area contributed by atoms with Crippen molar-refractivity contribution < 1.29 is 28.8 Å². The molecule has 0 aromatic heterocycles. The molecule has 13 rings (SSSR count). The Bertz CT molecular complexity index is 5560. The van der Waals surface area contributed by atoms with E-state index in [1.54, 1.807) is 0 Å². The van der Waals surface area contributed by atoms with Crippen LogP contribution in [0.3, 0.4) is 0 Å². The molecule has 0 radical (unpaired) electrons. The van der Waals surface area contributed by atoms with Crippen LogP contribution in [0.15, 0.2) is 164 Å². The summed E-state index contributed by atoms with van der Waals surface area (Å²) in [5, 5.41) is 42.2. The summed E-state index contributed by atoms with van der Waals surface area (Å²) in [5.74, 6) is 19.9. The minimum Gasteiger partial charge on any atom is -0.356 e. The first-order valence-corrected chi connectivity index (χ1v) is 52.8.